The van der Waals surface area contributed by atoms with Gasteiger partial charge in [-0.2, -0.15) is 0 Å². The van der Waals surface area contributed by atoms with Gasteiger partial charge in [-0.3, -0.25) is 0 Å². The summed E-state index contributed by atoms with van der Waals surface area (Å²) in [6.45, 7) is 2.02. The Morgan fingerprint density at radius 1 is 1.04 bits per heavy atom. The Balaban J connectivity index is 2.15. The molecule has 0 aliphatic rings. The third-order valence-electron chi connectivity index (χ3n) is 3.18. The highest BCUT2D eigenvalue weighted by Crippen LogP contribution is 2.26. The van der Waals surface area contributed by atoms with Gasteiger partial charge in [0.2, 0.25) is 0 Å². The topological polar surface area (TPSA) is 59.6 Å². The van der Waals surface area contributed by atoms with Crippen LogP contribution in [0.4, 0.5) is 11.4 Å². The van der Waals surface area contributed by atoms with E-state index in [-0.39, 0.29) is 0 Å². The fraction of sp³-hybridized carbons (Fsp3) is 0.176. The molecule has 0 bridgehead atoms. The van der Waals surface area contributed by atoms with Crippen LogP contribution in [0.1, 0.15) is 15.9 Å². The lowest BCUT2D eigenvalue weighted by atomic mass is 10.2. The molecule has 2 rings (SSSR count). The summed E-state index contributed by atoms with van der Waals surface area (Å²) in [5.41, 5.74) is 3.03. The van der Waals surface area contributed by atoms with Gasteiger partial charge in [0.05, 0.1) is 25.5 Å². The average molecular weight is 330 g/mol. The maximum Gasteiger partial charge on any atom is 0.337 e. The zero-order chi connectivity index (χ0) is 16.8. The van der Waals surface area contributed by atoms with Crippen molar-refractivity contribution in [2.75, 3.05) is 24.9 Å². The highest BCUT2D eigenvalue weighted by atomic mass is 32.1. The van der Waals surface area contributed by atoms with E-state index in [9.17, 15) is 4.79 Å². The molecular formula is C17H18N2O3S. The van der Waals surface area contributed by atoms with E-state index in [1.807, 2.05) is 31.2 Å². The molecule has 0 aliphatic heterocycles. The van der Waals surface area contributed by atoms with E-state index < -0.39 is 5.97 Å². The Morgan fingerprint density at radius 2 is 1.74 bits per heavy atom. The molecule has 0 radical (unpaired) electrons. The van der Waals surface area contributed by atoms with Gasteiger partial charge in [-0.1, -0.05) is 17.7 Å². The van der Waals surface area contributed by atoms with Crippen LogP contribution in [0.2, 0.25) is 0 Å². The number of methoxy groups -OCH3 is 2. The van der Waals surface area contributed by atoms with Crippen molar-refractivity contribution in [2.24, 2.45) is 0 Å². The smallest absolute Gasteiger partial charge is 0.337 e. The Labute approximate surface area is 140 Å². The summed E-state index contributed by atoms with van der Waals surface area (Å²) in [5.74, 6) is 0.152. The van der Waals surface area contributed by atoms with E-state index in [2.05, 4.69) is 10.6 Å². The molecule has 0 saturated carbocycles. The molecule has 23 heavy (non-hydrogen) atoms. The van der Waals surface area contributed by atoms with Crippen molar-refractivity contribution >= 4 is 34.7 Å². The van der Waals surface area contributed by atoms with Crippen LogP contribution in [0, 0.1) is 6.92 Å². The van der Waals surface area contributed by atoms with Crippen LogP contribution in [-0.4, -0.2) is 25.3 Å². The predicted octanol–water partition coefficient (Wildman–Crippen LogP) is 3.60. The summed E-state index contributed by atoms with van der Waals surface area (Å²) in [5, 5.41) is 6.51. The second kappa shape index (κ2) is 7.60. The zero-order valence-electron chi connectivity index (χ0n) is 13.2. The monoisotopic (exact) mass is 330 g/mol. The predicted molar refractivity (Wildman–Crippen MR) is 95.4 cm³/mol. The lowest BCUT2D eigenvalue weighted by Gasteiger charge is -2.14. The van der Waals surface area contributed by atoms with Crippen molar-refractivity contribution in [3.63, 3.8) is 0 Å². The number of aryl methyl sites for hydroxylation is 1. The fourth-order valence-corrected chi connectivity index (χ4v) is 2.20. The van der Waals surface area contributed by atoms with Crippen molar-refractivity contribution in [2.45, 2.75) is 6.92 Å². The number of nitrogens with one attached hydrogen (secondary N) is 2. The molecular weight excluding hydrogens is 312 g/mol. The molecule has 0 saturated heterocycles. The molecule has 0 spiro atoms. The number of ether oxygens (including phenoxy) is 2. The lowest BCUT2D eigenvalue weighted by Crippen LogP contribution is -2.19. The number of hydrogen-bond acceptors (Lipinski definition) is 4. The third kappa shape index (κ3) is 4.43. The molecule has 2 aromatic carbocycles. The molecule has 0 heterocycles. The summed E-state index contributed by atoms with van der Waals surface area (Å²) < 4.78 is 10.00. The van der Waals surface area contributed by atoms with Gasteiger partial charge in [-0.15, -0.1) is 0 Å². The van der Waals surface area contributed by atoms with Crippen LogP contribution in [0.15, 0.2) is 42.5 Å². The molecule has 0 atom stereocenters. The molecule has 6 heteroatoms. The fourth-order valence-electron chi connectivity index (χ4n) is 1.97. The van der Waals surface area contributed by atoms with Gasteiger partial charge >= 0.3 is 5.97 Å². The summed E-state index contributed by atoms with van der Waals surface area (Å²) in [7, 11) is 2.89. The maximum atomic E-state index is 11.6. The van der Waals surface area contributed by atoms with Gasteiger partial charge in [0.1, 0.15) is 5.75 Å². The maximum absolute atomic E-state index is 11.6. The summed E-state index contributed by atoms with van der Waals surface area (Å²) in [4.78, 5) is 11.6. The number of esters is 1. The van der Waals surface area contributed by atoms with Gasteiger partial charge < -0.3 is 20.1 Å². The minimum absolute atomic E-state index is 0.397. The Hall–Kier alpha value is -2.60. The minimum atomic E-state index is -0.423. The highest BCUT2D eigenvalue weighted by Gasteiger charge is 2.11. The first-order valence-corrected chi connectivity index (χ1v) is 7.35. The van der Waals surface area contributed by atoms with E-state index in [1.54, 1.807) is 25.3 Å². The first-order valence-electron chi connectivity index (χ1n) is 6.94. The second-order valence-electron chi connectivity index (χ2n) is 4.85. The molecule has 2 N–H and O–H groups in total. The first-order chi connectivity index (χ1) is 11.0. The van der Waals surface area contributed by atoms with E-state index in [0.29, 0.717) is 22.1 Å². The molecule has 0 unspecified atom stereocenters. The van der Waals surface area contributed by atoms with Crippen molar-refractivity contribution < 1.29 is 14.3 Å². The Morgan fingerprint density at radius 3 is 2.35 bits per heavy atom. The molecule has 120 valence electrons. The van der Waals surface area contributed by atoms with Gasteiger partial charge in [-0.25, -0.2) is 4.79 Å². The van der Waals surface area contributed by atoms with Crippen LogP contribution in [0.5, 0.6) is 5.75 Å². The number of rotatable bonds is 4. The Bertz CT molecular complexity index is 714. The number of benzene rings is 2. The average Bonchev–Trinajstić information content (AvgIpc) is 2.56. The van der Waals surface area contributed by atoms with Crippen LogP contribution in [-0.2, 0) is 4.74 Å². The molecule has 0 aromatic heterocycles. The zero-order valence-corrected chi connectivity index (χ0v) is 14.0. The number of thiocarbonyl (C=S) groups is 1. The van der Waals surface area contributed by atoms with Crippen molar-refractivity contribution in [1.29, 1.82) is 0 Å². The number of anilines is 2. The van der Waals surface area contributed by atoms with Gasteiger partial charge in [-0.05, 0) is 49.5 Å². The normalized spacial score (nSPS) is 9.87. The third-order valence-corrected chi connectivity index (χ3v) is 3.38. The van der Waals surface area contributed by atoms with Crippen molar-refractivity contribution in [3.05, 3.63) is 53.6 Å². The van der Waals surface area contributed by atoms with Crippen LogP contribution < -0.4 is 15.4 Å². The van der Waals surface area contributed by atoms with Gasteiger partial charge in [0.15, 0.2) is 5.11 Å². The molecule has 0 aliphatic carbocycles. The first kappa shape index (κ1) is 16.8. The minimum Gasteiger partial charge on any atom is -0.495 e. The largest absolute Gasteiger partial charge is 0.495 e. The summed E-state index contributed by atoms with van der Waals surface area (Å²) >= 11 is 5.30. The second-order valence-corrected chi connectivity index (χ2v) is 5.26. The standard InChI is InChI=1S/C17H18N2O3S/c1-11-4-7-13(8-5-11)18-17(23)19-14-10-12(16(20)22-3)6-9-15(14)21-2/h4-10H,1-3H3,(H2,18,19,23). The van der Waals surface area contributed by atoms with Crippen molar-refractivity contribution in [1.82, 2.24) is 0 Å². The number of carbonyl (C=O) groups excluding carboxylic acids is 1. The molecule has 5 nitrogen and oxygen atoms in total. The Kier molecular flexibility index (Phi) is 5.54. The van der Waals surface area contributed by atoms with E-state index in [4.69, 9.17) is 21.7 Å². The highest BCUT2D eigenvalue weighted by molar-refractivity contribution is 7.80. The molecule has 2 aromatic rings. The summed E-state index contributed by atoms with van der Waals surface area (Å²) in [6, 6.07) is 12.8. The van der Waals surface area contributed by atoms with Crippen molar-refractivity contribution in [3.8, 4) is 5.75 Å². The number of hydrogen-bond donors (Lipinski definition) is 2. The van der Waals surface area contributed by atoms with Crippen LogP contribution in [0.25, 0.3) is 0 Å². The van der Waals surface area contributed by atoms with E-state index in [0.717, 1.165) is 5.69 Å². The number of carbonyl (C=O) groups is 1. The molecule has 0 fully saturated rings. The van der Waals surface area contributed by atoms with E-state index >= 15 is 0 Å². The quantitative estimate of drug-likeness (QED) is 0.660. The summed E-state index contributed by atoms with van der Waals surface area (Å²) in [6.07, 6.45) is 0. The van der Waals surface area contributed by atoms with Gasteiger partial charge in [0.25, 0.3) is 0 Å². The van der Waals surface area contributed by atoms with E-state index in [1.165, 1.54) is 12.7 Å². The van der Waals surface area contributed by atoms with Crippen LogP contribution >= 0.6 is 12.2 Å². The SMILES string of the molecule is COC(=O)c1ccc(OC)c(NC(=S)Nc2ccc(C)cc2)c1. The van der Waals surface area contributed by atoms with Gasteiger partial charge in [0, 0.05) is 5.69 Å². The molecule has 0 amide bonds. The van der Waals surface area contributed by atoms with Crippen LogP contribution in [0.3, 0.4) is 0 Å². The lowest BCUT2D eigenvalue weighted by molar-refractivity contribution is 0.0601.